The third kappa shape index (κ3) is 4.71. The molecular weight excluding hydrogens is 320 g/mol. The van der Waals surface area contributed by atoms with Crippen molar-refractivity contribution in [3.8, 4) is 5.75 Å². The Balaban J connectivity index is 1.46. The summed E-state index contributed by atoms with van der Waals surface area (Å²) in [7, 11) is 1.59. The number of nitrogens with zero attached hydrogens (tertiary/aromatic N) is 1. The summed E-state index contributed by atoms with van der Waals surface area (Å²) < 4.78 is 10.5. The molecule has 0 aliphatic carbocycles. The number of hydrogen-bond acceptors (Lipinski definition) is 5. The van der Waals surface area contributed by atoms with Crippen molar-refractivity contribution in [3.05, 3.63) is 29.8 Å². The zero-order valence-corrected chi connectivity index (χ0v) is 14.8. The first-order valence-electron chi connectivity index (χ1n) is 9.11. The summed E-state index contributed by atoms with van der Waals surface area (Å²) >= 11 is 0. The highest BCUT2D eigenvalue weighted by Crippen LogP contribution is 2.21. The summed E-state index contributed by atoms with van der Waals surface area (Å²) in [6, 6.07) is 7.69. The second kappa shape index (κ2) is 8.65. The van der Waals surface area contributed by atoms with E-state index in [2.05, 4.69) is 10.2 Å². The predicted octanol–water partition coefficient (Wildman–Crippen LogP) is 1.49. The lowest BCUT2D eigenvalue weighted by molar-refractivity contribution is -0.130. The molecule has 2 N–H and O–H groups in total. The molecule has 2 aliphatic heterocycles. The minimum Gasteiger partial charge on any atom is -0.497 e. The molecule has 0 saturated carbocycles. The summed E-state index contributed by atoms with van der Waals surface area (Å²) in [4.78, 5) is 14.8. The third-order valence-electron chi connectivity index (χ3n) is 5.26. The van der Waals surface area contributed by atoms with Crippen LogP contribution in [0.1, 0.15) is 37.4 Å². The van der Waals surface area contributed by atoms with Gasteiger partial charge in [-0.15, -0.1) is 0 Å². The second-order valence-corrected chi connectivity index (χ2v) is 6.84. The Hall–Kier alpha value is -1.63. The van der Waals surface area contributed by atoms with Crippen molar-refractivity contribution in [2.45, 2.75) is 43.9 Å². The lowest BCUT2D eigenvalue weighted by atomic mass is 9.99. The Morgan fingerprint density at radius 2 is 1.84 bits per heavy atom. The van der Waals surface area contributed by atoms with Crippen LogP contribution < -0.4 is 10.1 Å². The van der Waals surface area contributed by atoms with Gasteiger partial charge in [-0.1, -0.05) is 12.1 Å². The molecule has 6 heteroatoms. The van der Waals surface area contributed by atoms with Gasteiger partial charge >= 0.3 is 0 Å². The molecule has 138 valence electrons. The maximum absolute atomic E-state index is 12.3. The number of aliphatic hydroxyl groups is 1. The van der Waals surface area contributed by atoms with Gasteiger partial charge in [-0.05, 0) is 43.4 Å². The number of methoxy groups -OCH3 is 1. The van der Waals surface area contributed by atoms with E-state index in [0.717, 1.165) is 52.0 Å². The summed E-state index contributed by atoms with van der Waals surface area (Å²) in [5.74, 6) is 0.381. The smallest absolute Gasteiger partial charge is 0.253 e. The van der Waals surface area contributed by atoms with Crippen LogP contribution in [-0.2, 0) is 9.53 Å². The fourth-order valence-electron chi connectivity index (χ4n) is 3.68. The largest absolute Gasteiger partial charge is 0.497 e. The number of carbonyl (C=O) groups is 1. The van der Waals surface area contributed by atoms with Gasteiger partial charge in [0.25, 0.3) is 5.91 Å². The van der Waals surface area contributed by atoms with Crippen LogP contribution in [0.5, 0.6) is 5.75 Å². The maximum Gasteiger partial charge on any atom is 0.253 e. The van der Waals surface area contributed by atoms with E-state index in [9.17, 15) is 9.90 Å². The van der Waals surface area contributed by atoms with Crippen molar-refractivity contribution < 1.29 is 19.4 Å². The molecule has 3 rings (SSSR count). The maximum atomic E-state index is 12.3. The van der Waals surface area contributed by atoms with Crippen LogP contribution in [0.15, 0.2) is 24.3 Å². The molecule has 1 aromatic rings. The fourth-order valence-corrected chi connectivity index (χ4v) is 3.68. The van der Waals surface area contributed by atoms with Crippen LogP contribution in [0.3, 0.4) is 0 Å². The van der Waals surface area contributed by atoms with E-state index in [4.69, 9.17) is 9.47 Å². The Bertz CT molecular complexity index is 549. The number of carbonyl (C=O) groups excluding carboxylic acids is 1. The van der Waals surface area contributed by atoms with Gasteiger partial charge in [0.15, 0.2) is 6.10 Å². The van der Waals surface area contributed by atoms with E-state index in [1.807, 2.05) is 0 Å². The molecule has 2 aliphatic rings. The second-order valence-electron chi connectivity index (χ2n) is 6.84. The van der Waals surface area contributed by atoms with E-state index >= 15 is 0 Å². The molecule has 1 aromatic carbocycles. The van der Waals surface area contributed by atoms with Crippen LogP contribution >= 0.6 is 0 Å². The SMILES string of the molecule is COc1ccc(C(O)C(=O)NC2CCN(C3CCOCC3)CC2)cc1. The summed E-state index contributed by atoms with van der Waals surface area (Å²) in [6.45, 7) is 3.70. The van der Waals surface area contributed by atoms with E-state index < -0.39 is 6.10 Å². The number of benzene rings is 1. The van der Waals surface area contributed by atoms with E-state index in [1.165, 1.54) is 0 Å². The monoisotopic (exact) mass is 348 g/mol. The van der Waals surface area contributed by atoms with E-state index in [-0.39, 0.29) is 11.9 Å². The number of amides is 1. The quantitative estimate of drug-likeness (QED) is 0.844. The first-order chi connectivity index (χ1) is 12.2. The number of likely N-dealkylation sites (tertiary alicyclic amines) is 1. The minimum atomic E-state index is -1.14. The summed E-state index contributed by atoms with van der Waals surface area (Å²) in [5.41, 5.74) is 0.581. The highest BCUT2D eigenvalue weighted by Gasteiger charge is 2.28. The first kappa shape index (κ1) is 18.2. The Kier molecular flexibility index (Phi) is 6.29. The Labute approximate surface area is 149 Å². The summed E-state index contributed by atoms with van der Waals surface area (Å²) in [6.07, 6.45) is 2.93. The molecule has 0 bridgehead atoms. The van der Waals surface area contributed by atoms with Gasteiger partial charge in [-0.25, -0.2) is 0 Å². The molecule has 2 saturated heterocycles. The van der Waals surface area contributed by atoms with Crippen LogP contribution in [0.2, 0.25) is 0 Å². The van der Waals surface area contributed by atoms with E-state index in [1.54, 1.807) is 31.4 Å². The average Bonchev–Trinajstić information content (AvgIpc) is 2.68. The lowest BCUT2D eigenvalue weighted by Crippen LogP contribution is -2.49. The van der Waals surface area contributed by atoms with Crippen LogP contribution in [0, 0.1) is 0 Å². The average molecular weight is 348 g/mol. The fraction of sp³-hybridized carbons (Fsp3) is 0.632. The molecule has 25 heavy (non-hydrogen) atoms. The molecule has 6 nitrogen and oxygen atoms in total. The molecule has 0 spiro atoms. The van der Waals surface area contributed by atoms with Gasteiger partial charge in [0.05, 0.1) is 7.11 Å². The third-order valence-corrected chi connectivity index (χ3v) is 5.26. The number of hydrogen-bond donors (Lipinski definition) is 2. The highest BCUT2D eigenvalue weighted by atomic mass is 16.5. The van der Waals surface area contributed by atoms with Crippen molar-refractivity contribution in [3.63, 3.8) is 0 Å². The van der Waals surface area contributed by atoms with Crippen LogP contribution in [0.4, 0.5) is 0 Å². The molecule has 2 fully saturated rings. The Morgan fingerprint density at radius 1 is 1.20 bits per heavy atom. The number of ether oxygens (including phenoxy) is 2. The summed E-state index contributed by atoms with van der Waals surface area (Å²) in [5, 5.41) is 13.3. The zero-order valence-electron chi connectivity index (χ0n) is 14.8. The number of aliphatic hydroxyl groups excluding tert-OH is 1. The normalized spacial score (nSPS) is 21.7. The lowest BCUT2D eigenvalue weighted by Gasteiger charge is -2.39. The molecule has 1 unspecified atom stereocenters. The van der Waals surface area contributed by atoms with Crippen molar-refractivity contribution in [2.24, 2.45) is 0 Å². The van der Waals surface area contributed by atoms with Crippen LogP contribution in [-0.4, -0.2) is 61.4 Å². The zero-order chi connectivity index (χ0) is 17.6. The van der Waals surface area contributed by atoms with Gasteiger partial charge in [-0.3, -0.25) is 4.79 Å². The molecule has 2 heterocycles. The number of nitrogens with one attached hydrogen (secondary N) is 1. The molecule has 0 radical (unpaired) electrons. The predicted molar refractivity (Wildman–Crippen MR) is 94.5 cm³/mol. The standard InChI is InChI=1S/C19H28N2O4/c1-24-17-4-2-14(3-5-17)18(22)19(23)20-15-6-10-21(11-7-15)16-8-12-25-13-9-16/h2-5,15-16,18,22H,6-13H2,1H3,(H,20,23). The number of piperidine rings is 1. The van der Waals surface area contributed by atoms with Gasteiger partial charge in [-0.2, -0.15) is 0 Å². The molecule has 1 atom stereocenters. The van der Waals surface area contributed by atoms with Gasteiger partial charge in [0, 0.05) is 38.4 Å². The topological polar surface area (TPSA) is 71.0 Å². The van der Waals surface area contributed by atoms with Crippen molar-refractivity contribution in [1.82, 2.24) is 10.2 Å². The molecule has 0 aromatic heterocycles. The van der Waals surface area contributed by atoms with E-state index in [0.29, 0.717) is 17.4 Å². The number of rotatable bonds is 5. The highest BCUT2D eigenvalue weighted by molar-refractivity contribution is 5.82. The Morgan fingerprint density at radius 3 is 2.44 bits per heavy atom. The van der Waals surface area contributed by atoms with Crippen molar-refractivity contribution >= 4 is 5.91 Å². The van der Waals surface area contributed by atoms with Gasteiger partial charge < -0.3 is 24.8 Å². The van der Waals surface area contributed by atoms with Gasteiger partial charge in [0.2, 0.25) is 0 Å². The minimum absolute atomic E-state index is 0.136. The molecule has 1 amide bonds. The van der Waals surface area contributed by atoms with Crippen molar-refractivity contribution in [1.29, 1.82) is 0 Å². The first-order valence-corrected chi connectivity index (χ1v) is 9.11. The molecular formula is C19H28N2O4. The van der Waals surface area contributed by atoms with Crippen LogP contribution in [0.25, 0.3) is 0 Å². The van der Waals surface area contributed by atoms with Crippen molar-refractivity contribution in [2.75, 3.05) is 33.4 Å². The van der Waals surface area contributed by atoms with Gasteiger partial charge in [0.1, 0.15) is 5.75 Å².